The normalized spacial score (nSPS) is 13.6. The predicted octanol–water partition coefficient (Wildman–Crippen LogP) is 1.52. The molecule has 0 aliphatic rings. The second-order valence-electron chi connectivity index (χ2n) is 4.18. The lowest BCUT2D eigenvalue weighted by Gasteiger charge is -2.15. The molecule has 0 saturated carbocycles. The first-order chi connectivity index (χ1) is 8.42. The molecular weight excluding hydrogens is 270 g/mol. The number of sulfonamides is 1. The molecule has 18 heavy (non-hydrogen) atoms. The van der Waals surface area contributed by atoms with Crippen LogP contribution in [0, 0.1) is 6.92 Å². The van der Waals surface area contributed by atoms with E-state index in [0.717, 1.165) is 5.75 Å². The van der Waals surface area contributed by atoms with Gasteiger partial charge in [-0.3, -0.25) is 0 Å². The molecule has 0 amide bonds. The molecule has 0 heterocycles. The minimum Gasteiger partial charge on any atom is -0.392 e. The molecule has 0 aliphatic carbocycles. The van der Waals surface area contributed by atoms with Crippen LogP contribution in [-0.4, -0.2) is 31.6 Å². The third kappa shape index (κ3) is 3.71. The van der Waals surface area contributed by atoms with Crippen molar-refractivity contribution in [3.63, 3.8) is 0 Å². The Morgan fingerprint density at radius 2 is 2.11 bits per heavy atom. The van der Waals surface area contributed by atoms with Crippen LogP contribution < -0.4 is 4.72 Å². The van der Waals surface area contributed by atoms with Crippen LogP contribution >= 0.6 is 11.8 Å². The highest BCUT2D eigenvalue weighted by Crippen LogP contribution is 2.19. The Labute approximate surface area is 113 Å². The van der Waals surface area contributed by atoms with Crippen LogP contribution in [0.4, 0.5) is 0 Å². The Hall–Kier alpha value is -0.560. The van der Waals surface area contributed by atoms with E-state index in [4.69, 9.17) is 5.11 Å². The average molecular weight is 289 g/mol. The summed E-state index contributed by atoms with van der Waals surface area (Å²) in [5.74, 6) is 0.720. The van der Waals surface area contributed by atoms with Crippen molar-refractivity contribution in [1.29, 1.82) is 0 Å². The van der Waals surface area contributed by atoms with E-state index in [1.807, 2.05) is 13.2 Å². The number of aliphatic hydroxyl groups excluding tert-OH is 1. The minimum atomic E-state index is -3.52. The van der Waals surface area contributed by atoms with Crippen LogP contribution in [0.2, 0.25) is 0 Å². The quantitative estimate of drug-likeness (QED) is 0.833. The largest absolute Gasteiger partial charge is 0.392 e. The highest BCUT2D eigenvalue weighted by atomic mass is 32.2. The van der Waals surface area contributed by atoms with Crippen molar-refractivity contribution in [3.05, 3.63) is 29.3 Å². The SMILES string of the molecule is CSCC(C)NS(=O)(=O)c1cccc(CO)c1C. The summed E-state index contributed by atoms with van der Waals surface area (Å²) in [7, 11) is -3.52. The van der Waals surface area contributed by atoms with Crippen molar-refractivity contribution in [2.75, 3.05) is 12.0 Å². The summed E-state index contributed by atoms with van der Waals surface area (Å²) in [6.07, 6.45) is 1.93. The van der Waals surface area contributed by atoms with E-state index in [9.17, 15) is 8.42 Å². The Bertz CT molecular complexity index is 500. The van der Waals surface area contributed by atoms with Crippen LogP contribution in [0.25, 0.3) is 0 Å². The van der Waals surface area contributed by atoms with Gasteiger partial charge in [0, 0.05) is 11.8 Å². The van der Waals surface area contributed by atoms with Crippen LogP contribution in [-0.2, 0) is 16.6 Å². The molecule has 0 saturated heterocycles. The summed E-state index contributed by atoms with van der Waals surface area (Å²) in [4.78, 5) is 0.238. The van der Waals surface area contributed by atoms with Gasteiger partial charge in [-0.25, -0.2) is 13.1 Å². The van der Waals surface area contributed by atoms with Crippen molar-refractivity contribution < 1.29 is 13.5 Å². The molecule has 1 rings (SSSR count). The number of rotatable bonds is 6. The van der Waals surface area contributed by atoms with Gasteiger partial charge in [-0.2, -0.15) is 11.8 Å². The van der Waals surface area contributed by atoms with Gasteiger partial charge >= 0.3 is 0 Å². The Balaban J connectivity index is 3.05. The van der Waals surface area contributed by atoms with Crippen molar-refractivity contribution >= 4 is 21.8 Å². The van der Waals surface area contributed by atoms with Crippen LogP contribution in [0.1, 0.15) is 18.1 Å². The van der Waals surface area contributed by atoms with Crippen LogP contribution in [0.15, 0.2) is 23.1 Å². The molecular formula is C12H19NO3S2. The summed E-state index contributed by atoms with van der Waals surface area (Å²) in [6, 6.07) is 4.80. The lowest BCUT2D eigenvalue weighted by atomic mass is 10.1. The van der Waals surface area contributed by atoms with Crippen LogP contribution in [0.3, 0.4) is 0 Å². The molecule has 0 aromatic heterocycles. The number of hydrogen-bond donors (Lipinski definition) is 2. The molecule has 1 aromatic carbocycles. The standard InChI is InChI=1S/C12H19NO3S2/c1-9(8-17-3)13-18(15,16)12-6-4-5-11(7-14)10(12)2/h4-6,9,13-14H,7-8H2,1-3H3. The van der Waals surface area contributed by atoms with Crippen molar-refractivity contribution in [1.82, 2.24) is 4.72 Å². The predicted molar refractivity (Wildman–Crippen MR) is 75.3 cm³/mol. The molecule has 0 aliphatic heterocycles. The first kappa shape index (κ1) is 15.5. The van der Waals surface area contributed by atoms with E-state index in [0.29, 0.717) is 11.1 Å². The highest BCUT2D eigenvalue weighted by Gasteiger charge is 2.20. The first-order valence-corrected chi connectivity index (χ1v) is 8.50. The fourth-order valence-corrected chi connectivity index (χ4v) is 3.96. The van der Waals surface area contributed by atoms with Gasteiger partial charge in [-0.15, -0.1) is 0 Å². The molecule has 6 heteroatoms. The maximum atomic E-state index is 12.2. The molecule has 0 spiro atoms. The zero-order valence-electron chi connectivity index (χ0n) is 10.8. The molecule has 1 aromatic rings. The van der Waals surface area contributed by atoms with E-state index in [2.05, 4.69) is 4.72 Å². The van der Waals surface area contributed by atoms with Gasteiger partial charge in [-0.1, -0.05) is 12.1 Å². The minimum absolute atomic E-state index is 0.123. The Kier molecular flexibility index (Phi) is 5.65. The second-order valence-corrected chi connectivity index (χ2v) is 6.77. The second kappa shape index (κ2) is 6.56. The lowest BCUT2D eigenvalue weighted by Crippen LogP contribution is -2.34. The number of nitrogens with one attached hydrogen (secondary N) is 1. The molecule has 0 bridgehead atoms. The highest BCUT2D eigenvalue weighted by molar-refractivity contribution is 7.98. The van der Waals surface area contributed by atoms with E-state index in [1.165, 1.54) is 0 Å². The zero-order valence-corrected chi connectivity index (χ0v) is 12.4. The zero-order chi connectivity index (χ0) is 13.8. The Morgan fingerprint density at radius 1 is 1.44 bits per heavy atom. The molecule has 0 fully saturated rings. The number of benzene rings is 1. The van der Waals surface area contributed by atoms with E-state index in [-0.39, 0.29) is 17.5 Å². The van der Waals surface area contributed by atoms with Crippen molar-refractivity contribution in [2.45, 2.75) is 31.4 Å². The first-order valence-electron chi connectivity index (χ1n) is 5.63. The smallest absolute Gasteiger partial charge is 0.241 e. The van der Waals surface area contributed by atoms with Gasteiger partial charge in [-0.05, 0) is 37.3 Å². The fourth-order valence-electron chi connectivity index (χ4n) is 1.73. The maximum Gasteiger partial charge on any atom is 0.241 e. The summed E-state index contributed by atoms with van der Waals surface area (Å²) in [5, 5.41) is 9.16. The molecule has 1 unspecified atom stereocenters. The van der Waals surface area contributed by atoms with Crippen molar-refractivity contribution in [3.8, 4) is 0 Å². The summed E-state index contributed by atoms with van der Waals surface area (Å²) >= 11 is 1.59. The summed E-state index contributed by atoms with van der Waals surface area (Å²) in [6.45, 7) is 3.38. The third-order valence-corrected chi connectivity index (χ3v) is 5.20. The number of thioether (sulfide) groups is 1. The molecule has 2 N–H and O–H groups in total. The monoisotopic (exact) mass is 289 g/mol. The van der Waals surface area contributed by atoms with Gasteiger partial charge in [0.1, 0.15) is 0 Å². The van der Waals surface area contributed by atoms with Gasteiger partial charge in [0.15, 0.2) is 0 Å². The average Bonchev–Trinajstić information content (AvgIpc) is 2.28. The van der Waals surface area contributed by atoms with Gasteiger partial charge < -0.3 is 5.11 Å². The van der Waals surface area contributed by atoms with Gasteiger partial charge in [0.05, 0.1) is 11.5 Å². The fraction of sp³-hybridized carbons (Fsp3) is 0.500. The van der Waals surface area contributed by atoms with Crippen molar-refractivity contribution in [2.24, 2.45) is 0 Å². The summed E-state index contributed by atoms with van der Waals surface area (Å²) < 4.78 is 27.0. The van der Waals surface area contributed by atoms with E-state index < -0.39 is 10.0 Å². The van der Waals surface area contributed by atoms with Gasteiger partial charge in [0.2, 0.25) is 10.0 Å². The molecule has 0 radical (unpaired) electrons. The molecule has 1 atom stereocenters. The van der Waals surface area contributed by atoms with E-state index in [1.54, 1.807) is 36.9 Å². The van der Waals surface area contributed by atoms with Gasteiger partial charge in [0.25, 0.3) is 0 Å². The topological polar surface area (TPSA) is 66.4 Å². The lowest BCUT2D eigenvalue weighted by molar-refractivity contribution is 0.280. The third-order valence-electron chi connectivity index (χ3n) is 2.63. The Morgan fingerprint density at radius 3 is 2.67 bits per heavy atom. The number of aliphatic hydroxyl groups is 1. The summed E-state index contributed by atoms with van der Waals surface area (Å²) in [5.41, 5.74) is 1.24. The maximum absolute atomic E-state index is 12.2. The molecule has 4 nitrogen and oxygen atoms in total. The van der Waals surface area contributed by atoms with Crippen LogP contribution in [0.5, 0.6) is 0 Å². The van der Waals surface area contributed by atoms with E-state index >= 15 is 0 Å². The molecule has 102 valence electrons. The number of hydrogen-bond acceptors (Lipinski definition) is 4.